The van der Waals surface area contributed by atoms with Crippen LogP contribution in [0.15, 0.2) is 51.3 Å². The van der Waals surface area contributed by atoms with Crippen molar-refractivity contribution < 1.29 is 27.2 Å². The number of nitrogens with zero attached hydrogens (tertiary/aromatic N) is 2. The van der Waals surface area contributed by atoms with E-state index in [4.69, 9.17) is 18.7 Å². The maximum atomic E-state index is 12.7. The molecule has 2 aliphatic rings. The molecule has 1 N–H and O–H groups in total. The van der Waals surface area contributed by atoms with Crippen LogP contribution in [-0.2, 0) is 10.0 Å². The number of aromatic nitrogens is 1. The van der Waals surface area contributed by atoms with Crippen molar-refractivity contribution in [3.63, 3.8) is 0 Å². The van der Waals surface area contributed by atoms with Crippen molar-refractivity contribution in [3.8, 4) is 27.9 Å². The molecular weight excluding hydrogens is 466 g/mol. The van der Waals surface area contributed by atoms with Gasteiger partial charge in [0.2, 0.25) is 15.8 Å². The van der Waals surface area contributed by atoms with Gasteiger partial charge >= 0.3 is 0 Å². The lowest BCUT2D eigenvalue weighted by Crippen LogP contribution is -2.31. The highest BCUT2D eigenvalue weighted by Gasteiger charge is 2.26. The SMILES string of the molecule is O=S(=O)(NCC1CCN(CCOc2cccc3c2OCCO3)C1)c1ccc(-c2ccno2)s1. The molecule has 11 heteroatoms. The van der Waals surface area contributed by atoms with E-state index in [-0.39, 0.29) is 10.1 Å². The Morgan fingerprint density at radius 3 is 2.97 bits per heavy atom. The molecule has 1 saturated heterocycles. The highest BCUT2D eigenvalue weighted by molar-refractivity contribution is 7.91. The number of fused-ring (bicyclic) bond motifs is 1. The number of benzene rings is 1. The minimum absolute atomic E-state index is 0.259. The van der Waals surface area contributed by atoms with E-state index >= 15 is 0 Å². The number of hydrogen-bond acceptors (Lipinski definition) is 9. The second-order valence-corrected chi connectivity index (χ2v) is 11.0. The van der Waals surface area contributed by atoms with Crippen molar-refractivity contribution >= 4 is 21.4 Å². The van der Waals surface area contributed by atoms with E-state index in [0.29, 0.717) is 49.4 Å². The molecule has 2 aliphatic heterocycles. The van der Waals surface area contributed by atoms with Gasteiger partial charge in [-0.15, -0.1) is 11.3 Å². The summed E-state index contributed by atoms with van der Waals surface area (Å²) < 4.78 is 50.7. The first-order chi connectivity index (χ1) is 16.1. The van der Waals surface area contributed by atoms with Crippen LogP contribution in [0.5, 0.6) is 17.2 Å². The van der Waals surface area contributed by atoms with Gasteiger partial charge in [-0.05, 0) is 43.1 Å². The maximum Gasteiger partial charge on any atom is 0.250 e. The third-order valence-electron chi connectivity index (χ3n) is 5.65. The zero-order chi connectivity index (χ0) is 22.7. The normalized spacial score (nSPS) is 18.5. The van der Waals surface area contributed by atoms with Gasteiger partial charge < -0.3 is 18.7 Å². The first kappa shape index (κ1) is 22.2. The molecule has 1 aromatic carbocycles. The predicted octanol–water partition coefficient (Wildman–Crippen LogP) is 2.85. The zero-order valence-corrected chi connectivity index (χ0v) is 19.6. The van der Waals surface area contributed by atoms with E-state index < -0.39 is 10.0 Å². The summed E-state index contributed by atoms with van der Waals surface area (Å²) in [6.45, 7) is 4.50. The van der Waals surface area contributed by atoms with Gasteiger partial charge in [0.1, 0.15) is 24.0 Å². The molecule has 1 fully saturated rings. The summed E-state index contributed by atoms with van der Waals surface area (Å²) in [5.41, 5.74) is 0. The van der Waals surface area contributed by atoms with Crippen LogP contribution in [0.2, 0.25) is 0 Å². The Morgan fingerprint density at radius 2 is 2.09 bits per heavy atom. The summed E-state index contributed by atoms with van der Waals surface area (Å²) >= 11 is 1.17. The Kier molecular flexibility index (Phi) is 6.54. The fourth-order valence-corrected chi connectivity index (χ4v) is 6.39. The molecule has 33 heavy (non-hydrogen) atoms. The first-order valence-electron chi connectivity index (χ1n) is 10.8. The summed E-state index contributed by atoms with van der Waals surface area (Å²) in [6, 6.07) is 10.7. The van der Waals surface area contributed by atoms with Crippen molar-refractivity contribution in [1.29, 1.82) is 0 Å². The third kappa shape index (κ3) is 5.16. The minimum atomic E-state index is -3.56. The molecule has 4 heterocycles. The fourth-order valence-electron chi connectivity index (χ4n) is 3.97. The van der Waals surface area contributed by atoms with Crippen LogP contribution < -0.4 is 18.9 Å². The van der Waals surface area contributed by atoms with E-state index in [1.54, 1.807) is 18.2 Å². The number of rotatable bonds is 9. The summed E-state index contributed by atoms with van der Waals surface area (Å²) in [6.07, 6.45) is 2.47. The van der Waals surface area contributed by atoms with Gasteiger partial charge in [0.05, 0.1) is 11.1 Å². The van der Waals surface area contributed by atoms with Gasteiger partial charge in [-0.1, -0.05) is 11.2 Å². The molecule has 9 nitrogen and oxygen atoms in total. The number of sulfonamides is 1. The van der Waals surface area contributed by atoms with Gasteiger partial charge in [-0.3, -0.25) is 4.90 Å². The van der Waals surface area contributed by atoms with Crippen LogP contribution in [0, 0.1) is 5.92 Å². The monoisotopic (exact) mass is 491 g/mol. The van der Waals surface area contributed by atoms with Crippen LogP contribution >= 0.6 is 11.3 Å². The largest absolute Gasteiger partial charge is 0.488 e. The highest BCUT2D eigenvalue weighted by Crippen LogP contribution is 2.39. The molecule has 176 valence electrons. The number of para-hydroxylation sites is 1. The zero-order valence-electron chi connectivity index (χ0n) is 17.9. The van der Waals surface area contributed by atoms with E-state index in [1.165, 1.54) is 17.5 Å². The summed E-state index contributed by atoms with van der Waals surface area (Å²) in [5.74, 6) is 2.89. The average molecular weight is 492 g/mol. The number of nitrogens with one attached hydrogen (secondary N) is 1. The quantitative estimate of drug-likeness (QED) is 0.487. The van der Waals surface area contributed by atoms with Gasteiger partial charge in [-0.25, -0.2) is 13.1 Å². The van der Waals surface area contributed by atoms with Crippen molar-refractivity contribution in [1.82, 2.24) is 14.8 Å². The Labute approximate surface area is 196 Å². The van der Waals surface area contributed by atoms with Gasteiger partial charge in [-0.2, -0.15) is 0 Å². The number of hydrogen-bond donors (Lipinski definition) is 1. The molecule has 1 unspecified atom stereocenters. The highest BCUT2D eigenvalue weighted by atomic mass is 32.2. The molecule has 0 saturated carbocycles. The number of likely N-dealkylation sites (tertiary alicyclic amines) is 1. The van der Waals surface area contributed by atoms with Crippen molar-refractivity contribution in [2.45, 2.75) is 10.6 Å². The molecular formula is C22H25N3O6S2. The van der Waals surface area contributed by atoms with Crippen LogP contribution in [0.25, 0.3) is 10.6 Å². The maximum absolute atomic E-state index is 12.7. The van der Waals surface area contributed by atoms with Gasteiger partial charge in [0, 0.05) is 25.7 Å². The first-order valence-corrected chi connectivity index (χ1v) is 13.1. The van der Waals surface area contributed by atoms with Crippen molar-refractivity contribution in [3.05, 3.63) is 42.6 Å². The summed E-state index contributed by atoms with van der Waals surface area (Å²) in [7, 11) is -3.56. The van der Waals surface area contributed by atoms with E-state index in [9.17, 15) is 8.42 Å². The predicted molar refractivity (Wildman–Crippen MR) is 122 cm³/mol. The van der Waals surface area contributed by atoms with Gasteiger partial charge in [0.15, 0.2) is 17.3 Å². The third-order valence-corrected chi connectivity index (χ3v) is 8.67. The number of ether oxygens (including phenoxy) is 3. The molecule has 0 spiro atoms. The Bertz CT molecular complexity index is 1180. The van der Waals surface area contributed by atoms with E-state index in [2.05, 4.69) is 14.8 Å². The van der Waals surface area contributed by atoms with Crippen LogP contribution in [-0.4, -0.2) is 64.5 Å². The Morgan fingerprint density at radius 1 is 1.18 bits per heavy atom. The van der Waals surface area contributed by atoms with Crippen LogP contribution in [0.4, 0.5) is 0 Å². The molecule has 0 radical (unpaired) electrons. The summed E-state index contributed by atoms with van der Waals surface area (Å²) in [5, 5.41) is 3.66. The lowest BCUT2D eigenvalue weighted by atomic mass is 10.1. The topological polar surface area (TPSA) is 103 Å². The van der Waals surface area contributed by atoms with Crippen molar-refractivity contribution in [2.24, 2.45) is 5.92 Å². The van der Waals surface area contributed by atoms with E-state index in [1.807, 2.05) is 18.2 Å². The smallest absolute Gasteiger partial charge is 0.250 e. The molecule has 3 aromatic rings. The van der Waals surface area contributed by atoms with E-state index in [0.717, 1.165) is 30.9 Å². The molecule has 2 aromatic heterocycles. The van der Waals surface area contributed by atoms with Crippen LogP contribution in [0.3, 0.4) is 0 Å². The Balaban J connectivity index is 1.08. The number of thiophene rings is 1. The van der Waals surface area contributed by atoms with Gasteiger partial charge in [0.25, 0.3) is 0 Å². The average Bonchev–Trinajstić information content (AvgIpc) is 3.60. The second-order valence-electron chi connectivity index (χ2n) is 7.93. The van der Waals surface area contributed by atoms with Crippen molar-refractivity contribution in [2.75, 3.05) is 46.0 Å². The summed E-state index contributed by atoms with van der Waals surface area (Å²) in [4.78, 5) is 3.02. The minimum Gasteiger partial charge on any atom is -0.488 e. The lowest BCUT2D eigenvalue weighted by molar-refractivity contribution is 0.158. The lowest BCUT2D eigenvalue weighted by Gasteiger charge is -2.22. The molecule has 5 rings (SSSR count). The molecule has 0 bridgehead atoms. The Hall–Kier alpha value is -2.60. The second kappa shape index (κ2) is 9.72. The fraction of sp³-hybridized carbons (Fsp3) is 0.409. The van der Waals surface area contributed by atoms with Crippen LogP contribution in [0.1, 0.15) is 6.42 Å². The standard InChI is InChI=1S/C22H25N3O6S2/c26-33(27,21-5-4-20(32-21)17-6-8-23-31-17)24-14-16-7-9-25(15-16)10-11-28-18-2-1-3-19-22(18)30-13-12-29-19/h1-6,8,16,24H,7,9-15H2. The molecule has 0 amide bonds. The molecule has 1 atom stereocenters. The molecule has 0 aliphatic carbocycles.